The maximum Gasteiger partial charge on any atom is 0.227 e. The van der Waals surface area contributed by atoms with Crippen LogP contribution in [0.15, 0.2) is 35.7 Å². The molecule has 0 unspecified atom stereocenters. The smallest absolute Gasteiger partial charge is 0.227 e. The summed E-state index contributed by atoms with van der Waals surface area (Å²) in [6.45, 7) is 6.93. The molecule has 7 nitrogen and oxygen atoms in total. The molecule has 140 valence electrons. The third-order valence-corrected chi connectivity index (χ3v) is 5.60. The Morgan fingerprint density at radius 2 is 1.81 bits per heavy atom. The molecule has 1 aliphatic rings. The summed E-state index contributed by atoms with van der Waals surface area (Å²) in [6, 6.07) is 9.93. The number of amides is 1. The fourth-order valence-corrected chi connectivity index (χ4v) is 4.02. The van der Waals surface area contributed by atoms with Gasteiger partial charge in [-0.1, -0.05) is 6.07 Å². The second-order valence-corrected chi connectivity index (χ2v) is 7.74. The van der Waals surface area contributed by atoms with Crippen LogP contribution < -0.4 is 4.90 Å². The zero-order valence-electron chi connectivity index (χ0n) is 15.5. The monoisotopic (exact) mass is 382 g/mol. The zero-order chi connectivity index (χ0) is 18.8. The second kappa shape index (κ2) is 7.48. The molecule has 1 amide bonds. The number of piperazine rings is 1. The van der Waals surface area contributed by atoms with Gasteiger partial charge in [0, 0.05) is 36.8 Å². The zero-order valence-corrected chi connectivity index (χ0v) is 16.3. The van der Waals surface area contributed by atoms with Crippen LogP contribution in [-0.2, 0) is 11.2 Å². The van der Waals surface area contributed by atoms with E-state index in [2.05, 4.69) is 20.2 Å². The lowest BCUT2D eigenvalue weighted by atomic mass is 10.2. The van der Waals surface area contributed by atoms with Crippen molar-refractivity contribution in [3.8, 4) is 5.82 Å². The summed E-state index contributed by atoms with van der Waals surface area (Å²) >= 11 is 1.63. The van der Waals surface area contributed by atoms with Gasteiger partial charge in [0.1, 0.15) is 0 Å². The molecule has 0 atom stereocenters. The van der Waals surface area contributed by atoms with Gasteiger partial charge in [0.05, 0.1) is 12.1 Å². The SMILES string of the molecule is Cc1cc(C)n(-c2ccc(N3CCN(C(=O)Cc4cccs4)CC3)nn2)n1. The molecule has 0 aliphatic carbocycles. The van der Waals surface area contributed by atoms with Crippen LogP contribution in [-0.4, -0.2) is 57.0 Å². The summed E-state index contributed by atoms with van der Waals surface area (Å²) in [5.74, 6) is 1.75. The van der Waals surface area contributed by atoms with Crippen LogP contribution in [0.4, 0.5) is 5.82 Å². The van der Waals surface area contributed by atoms with Crippen molar-refractivity contribution >= 4 is 23.1 Å². The van der Waals surface area contributed by atoms with Gasteiger partial charge in [0.25, 0.3) is 0 Å². The van der Waals surface area contributed by atoms with E-state index < -0.39 is 0 Å². The Hall–Kier alpha value is -2.74. The molecule has 0 saturated carbocycles. The maximum atomic E-state index is 12.4. The van der Waals surface area contributed by atoms with Crippen molar-refractivity contribution in [2.75, 3.05) is 31.1 Å². The van der Waals surface area contributed by atoms with Crippen LogP contribution in [0, 0.1) is 13.8 Å². The quantitative estimate of drug-likeness (QED) is 0.692. The molecule has 4 rings (SSSR count). The van der Waals surface area contributed by atoms with Crippen LogP contribution in [0.2, 0.25) is 0 Å². The highest BCUT2D eigenvalue weighted by Crippen LogP contribution is 2.17. The molecule has 27 heavy (non-hydrogen) atoms. The van der Waals surface area contributed by atoms with Gasteiger partial charge in [0.2, 0.25) is 5.91 Å². The lowest BCUT2D eigenvalue weighted by molar-refractivity contribution is -0.130. The lowest BCUT2D eigenvalue weighted by Gasteiger charge is -2.35. The first kappa shape index (κ1) is 17.7. The molecule has 0 bridgehead atoms. The van der Waals surface area contributed by atoms with Crippen molar-refractivity contribution in [1.29, 1.82) is 0 Å². The fourth-order valence-electron chi connectivity index (χ4n) is 3.32. The molecule has 4 heterocycles. The standard InChI is InChI=1S/C19H22N6OS/c1-14-12-15(2)25(22-14)18-6-5-17(20-21-18)23-7-9-24(10-8-23)19(26)13-16-4-3-11-27-16/h3-6,11-12H,7-10,13H2,1-2H3. The molecule has 1 saturated heterocycles. The van der Waals surface area contributed by atoms with E-state index in [-0.39, 0.29) is 5.91 Å². The Bertz CT molecular complexity index is 910. The molecule has 3 aromatic heterocycles. The molecular weight excluding hydrogens is 360 g/mol. The Labute approximate surface area is 162 Å². The molecule has 8 heteroatoms. The molecule has 0 radical (unpaired) electrons. The average Bonchev–Trinajstić information content (AvgIpc) is 3.31. The van der Waals surface area contributed by atoms with Crippen LogP contribution >= 0.6 is 11.3 Å². The first-order valence-corrected chi connectivity index (χ1v) is 9.90. The summed E-state index contributed by atoms with van der Waals surface area (Å²) in [5.41, 5.74) is 1.99. The topological polar surface area (TPSA) is 67.2 Å². The molecule has 1 fully saturated rings. The highest BCUT2D eigenvalue weighted by Gasteiger charge is 2.22. The van der Waals surface area contributed by atoms with E-state index in [0.29, 0.717) is 25.3 Å². The van der Waals surface area contributed by atoms with Gasteiger partial charge >= 0.3 is 0 Å². The number of aryl methyl sites for hydroxylation is 2. The van der Waals surface area contributed by atoms with E-state index in [0.717, 1.165) is 35.2 Å². The third-order valence-electron chi connectivity index (χ3n) is 4.72. The molecule has 1 aliphatic heterocycles. The van der Waals surface area contributed by atoms with E-state index >= 15 is 0 Å². The fraction of sp³-hybridized carbons (Fsp3) is 0.368. The first-order valence-electron chi connectivity index (χ1n) is 9.02. The van der Waals surface area contributed by atoms with Crippen molar-refractivity contribution in [3.05, 3.63) is 52.0 Å². The minimum Gasteiger partial charge on any atom is -0.352 e. The van der Waals surface area contributed by atoms with Gasteiger partial charge < -0.3 is 9.80 Å². The minimum atomic E-state index is 0.197. The van der Waals surface area contributed by atoms with Crippen molar-refractivity contribution in [1.82, 2.24) is 24.9 Å². The summed E-state index contributed by atoms with van der Waals surface area (Å²) in [5, 5.41) is 15.2. The van der Waals surface area contributed by atoms with Gasteiger partial charge in [-0.3, -0.25) is 4.79 Å². The maximum absolute atomic E-state index is 12.4. The van der Waals surface area contributed by atoms with Crippen LogP contribution in [0.1, 0.15) is 16.3 Å². The van der Waals surface area contributed by atoms with Gasteiger partial charge in [-0.25, -0.2) is 4.68 Å². The van der Waals surface area contributed by atoms with Crippen molar-refractivity contribution in [2.24, 2.45) is 0 Å². The van der Waals surface area contributed by atoms with Crippen molar-refractivity contribution in [3.63, 3.8) is 0 Å². The van der Waals surface area contributed by atoms with Crippen LogP contribution in [0.3, 0.4) is 0 Å². The summed E-state index contributed by atoms with van der Waals surface area (Å²) in [7, 11) is 0. The molecular formula is C19H22N6OS. The van der Waals surface area contributed by atoms with Gasteiger partial charge in [-0.2, -0.15) is 5.10 Å². The number of hydrogen-bond donors (Lipinski definition) is 0. The van der Waals surface area contributed by atoms with E-state index in [1.54, 1.807) is 16.0 Å². The third kappa shape index (κ3) is 3.85. The number of nitrogens with zero attached hydrogens (tertiary/aromatic N) is 6. The Kier molecular flexibility index (Phi) is 4.89. The van der Waals surface area contributed by atoms with Crippen LogP contribution in [0.5, 0.6) is 0 Å². The molecule has 3 aromatic rings. The van der Waals surface area contributed by atoms with Gasteiger partial charge in [-0.15, -0.1) is 21.5 Å². The number of anilines is 1. The second-order valence-electron chi connectivity index (χ2n) is 6.71. The summed E-state index contributed by atoms with van der Waals surface area (Å²) in [6.07, 6.45) is 0.495. The highest BCUT2D eigenvalue weighted by molar-refractivity contribution is 7.10. The molecule has 0 spiro atoms. The van der Waals surface area contributed by atoms with E-state index in [9.17, 15) is 4.79 Å². The predicted molar refractivity (Wildman–Crippen MR) is 105 cm³/mol. The minimum absolute atomic E-state index is 0.197. The highest BCUT2D eigenvalue weighted by atomic mass is 32.1. The number of hydrogen-bond acceptors (Lipinski definition) is 6. The number of aromatic nitrogens is 4. The number of carbonyl (C=O) groups excluding carboxylic acids is 1. The average molecular weight is 382 g/mol. The Morgan fingerprint density at radius 3 is 2.41 bits per heavy atom. The first-order chi connectivity index (χ1) is 13.1. The van der Waals surface area contributed by atoms with E-state index in [4.69, 9.17) is 0 Å². The van der Waals surface area contributed by atoms with Crippen molar-refractivity contribution in [2.45, 2.75) is 20.3 Å². The van der Waals surface area contributed by atoms with E-state index in [1.165, 1.54) is 0 Å². The Morgan fingerprint density at radius 1 is 1.07 bits per heavy atom. The van der Waals surface area contributed by atoms with E-state index in [1.807, 2.05) is 54.5 Å². The summed E-state index contributed by atoms with van der Waals surface area (Å²) in [4.78, 5) is 17.7. The summed E-state index contributed by atoms with van der Waals surface area (Å²) < 4.78 is 1.80. The number of rotatable bonds is 4. The largest absolute Gasteiger partial charge is 0.352 e. The van der Waals surface area contributed by atoms with Gasteiger partial charge in [0.15, 0.2) is 11.6 Å². The predicted octanol–water partition coefficient (Wildman–Crippen LogP) is 2.23. The molecule has 0 N–H and O–H groups in total. The van der Waals surface area contributed by atoms with Crippen LogP contribution in [0.25, 0.3) is 5.82 Å². The number of carbonyl (C=O) groups is 1. The molecule has 0 aromatic carbocycles. The van der Waals surface area contributed by atoms with Crippen molar-refractivity contribution < 1.29 is 4.79 Å². The van der Waals surface area contributed by atoms with Gasteiger partial charge in [-0.05, 0) is 43.5 Å². The normalized spacial score (nSPS) is 14.6. The lowest BCUT2D eigenvalue weighted by Crippen LogP contribution is -2.49. The number of thiophene rings is 1. The Balaban J connectivity index is 1.37.